The summed E-state index contributed by atoms with van der Waals surface area (Å²) >= 11 is 1.49. The van der Waals surface area contributed by atoms with Gasteiger partial charge < -0.3 is 5.32 Å². The highest BCUT2D eigenvalue weighted by Gasteiger charge is 2.04. The Morgan fingerprint density at radius 3 is 3.00 bits per heavy atom. The van der Waals surface area contributed by atoms with E-state index in [9.17, 15) is 4.39 Å². The van der Waals surface area contributed by atoms with Crippen molar-refractivity contribution in [3.63, 3.8) is 0 Å². The number of hydrogen-bond acceptors (Lipinski definition) is 3. The molecule has 0 aliphatic carbocycles. The number of benzene rings is 1. The van der Waals surface area contributed by atoms with Crippen LogP contribution in [0.15, 0.2) is 18.2 Å². The largest absolute Gasteiger partial charge is 0.361 e. The van der Waals surface area contributed by atoms with Crippen molar-refractivity contribution in [1.29, 1.82) is 0 Å². The zero-order valence-electron chi connectivity index (χ0n) is 8.75. The molecular weight excluding hydrogens is 211 g/mol. The van der Waals surface area contributed by atoms with Gasteiger partial charge in [0, 0.05) is 6.54 Å². The monoisotopic (exact) mass is 224 g/mol. The third-order valence-electron chi connectivity index (χ3n) is 2.01. The molecule has 2 nitrogen and oxygen atoms in total. The first-order chi connectivity index (χ1) is 7.15. The lowest BCUT2D eigenvalue weighted by atomic mass is 10.2. The van der Waals surface area contributed by atoms with Crippen LogP contribution in [0.2, 0.25) is 0 Å². The molecule has 0 atom stereocenters. The molecule has 0 saturated heterocycles. The molecule has 0 amide bonds. The fourth-order valence-electron chi connectivity index (χ4n) is 1.27. The van der Waals surface area contributed by atoms with Crippen molar-refractivity contribution in [1.82, 2.24) is 4.98 Å². The average Bonchev–Trinajstić information content (AvgIpc) is 2.56. The summed E-state index contributed by atoms with van der Waals surface area (Å²) in [6.45, 7) is 5.17. The van der Waals surface area contributed by atoms with Crippen LogP contribution in [0.4, 0.5) is 9.52 Å². The topological polar surface area (TPSA) is 24.9 Å². The third kappa shape index (κ3) is 2.45. The molecule has 80 valence electrons. The molecule has 0 aliphatic rings. The standard InChI is InChI=1S/C11H13FN2S/c1-7(2)6-13-11-14-9-4-3-8(12)5-10(9)15-11/h3-5,7H,6H2,1-2H3,(H,13,14). The molecule has 0 saturated carbocycles. The van der Waals surface area contributed by atoms with Crippen molar-refractivity contribution < 1.29 is 4.39 Å². The third-order valence-corrected chi connectivity index (χ3v) is 2.99. The number of thiazole rings is 1. The Balaban J connectivity index is 2.23. The van der Waals surface area contributed by atoms with Gasteiger partial charge in [-0.2, -0.15) is 0 Å². The summed E-state index contributed by atoms with van der Waals surface area (Å²) in [7, 11) is 0. The minimum Gasteiger partial charge on any atom is -0.361 e. The van der Waals surface area contributed by atoms with Gasteiger partial charge in [-0.05, 0) is 24.1 Å². The van der Waals surface area contributed by atoms with E-state index in [0.717, 1.165) is 21.9 Å². The van der Waals surface area contributed by atoms with E-state index in [1.54, 1.807) is 6.07 Å². The van der Waals surface area contributed by atoms with E-state index in [4.69, 9.17) is 0 Å². The lowest BCUT2D eigenvalue weighted by Gasteiger charge is -2.03. The number of anilines is 1. The molecule has 0 bridgehead atoms. The zero-order chi connectivity index (χ0) is 10.8. The normalized spacial score (nSPS) is 11.2. The Labute approximate surface area is 92.1 Å². The number of aromatic nitrogens is 1. The van der Waals surface area contributed by atoms with Gasteiger partial charge in [0.15, 0.2) is 5.13 Å². The zero-order valence-corrected chi connectivity index (χ0v) is 9.57. The summed E-state index contributed by atoms with van der Waals surface area (Å²) < 4.78 is 13.8. The number of hydrogen-bond donors (Lipinski definition) is 1. The van der Waals surface area contributed by atoms with Crippen LogP contribution in [-0.4, -0.2) is 11.5 Å². The summed E-state index contributed by atoms with van der Waals surface area (Å²) in [6.07, 6.45) is 0. The molecule has 4 heteroatoms. The molecular formula is C11H13FN2S. The predicted octanol–water partition coefficient (Wildman–Crippen LogP) is 3.50. The molecule has 2 rings (SSSR count). The van der Waals surface area contributed by atoms with Crippen LogP contribution in [0.3, 0.4) is 0 Å². The number of rotatable bonds is 3. The van der Waals surface area contributed by atoms with Crippen molar-refractivity contribution in [3.05, 3.63) is 24.0 Å². The van der Waals surface area contributed by atoms with Crippen molar-refractivity contribution in [2.45, 2.75) is 13.8 Å². The second kappa shape index (κ2) is 4.14. The van der Waals surface area contributed by atoms with Gasteiger partial charge in [-0.15, -0.1) is 0 Å². The first kappa shape index (κ1) is 10.4. The number of fused-ring (bicyclic) bond motifs is 1. The van der Waals surface area contributed by atoms with Crippen LogP contribution in [0.1, 0.15) is 13.8 Å². The molecule has 1 aromatic heterocycles. The molecule has 0 radical (unpaired) electrons. The van der Waals surface area contributed by atoms with Crippen LogP contribution < -0.4 is 5.32 Å². The summed E-state index contributed by atoms with van der Waals surface area (Å²) in [6, 6.07) is 4.67. The Morgan fingerprint density at radius 2 is 2.27 bits per heavy atom. The van der Waals surface area contributed by atoms with Crippen LogP contribution >= 0.6 is 11.3 Å². The van der Waals surface area contributed by atoms with E-state index < -0.39 is 0 Å². The van der Waals surface area contributed by atoms with Crippen LogP contribution in [0, 0.1) is 11.7 Å². The molecule has 1 heterocycles. The van der Waals surface area contributed by atoms with Crippen molar-refractivity contribution in [2.75, 3.05) is 11.9 Å². The fourth-order valence-corrected chi connectivity index (χ4v) is 2.16. The van der Waals surface area contributed by atoms with Crippen LogP contribution in [-0.2, 0) is 0 Å². The maximum absolute atomic E-state index is 12.9. The molecule has 0 aliphatic heterocycles. The molecule has 1 N–H and O–H groups in total. The SMILES string of the molecule is CC(C)CNc1nc2ccc(F)cc2s1. The average molecular weight is 224 g/mol. The molecule has 15 heavy (non-hydrogen) atoms. The quantitative estimate of drug-likeness (QED) is 0.863. The lowest BCUT2D eigenvalue weighted by Crippen LogP contribution is -2.07. The van der Waals surface area contributed by atoms with Gasteiger partial charge >= 0.3 is 0 Å². The maximum Gasteiger partial charge on any atom is 0.183 e. The van der Waals surface area contributed by atoms with Crippen LogP contribution in [0.25, 0.3) is 10.2 Å². The van der Waals surface area contributed by atoms with E-state index in [1.807, 2.05) is 0 Å². The van der Waals surface area contributed by atoms with Crippen LogP contribution in [0.5, 0.6) is 0 Å². The van der Waals surface area contributed by atoms with Gasteiger partial charge in [0.2, 0.25) is 0 Å². The summed E-state index contributed by atoms with van der Waals surface area (Å²) in [4.78, 5) is 4.37. The van der Waals surface area contributed by atoms with Gasteiger partial charge in [0.25, 0.3) is 0 Å². The first-order valence-corrected chi connectivity index (χ1v) is 5.77. The maximum atomic E-state index is 12.9. The van der Waals surface area contributed by atoms with E-state index in [-0.39, 0.29) is 5.82 Å². The van der Waals surface area contributed by atoms with Gasteiger partial charge in [0.05, 0.1) is 10.2 Å². The Hall–Kier alpha value is -1.16. The van der Waals surface area contributed by atoms with Crippen molar-refractivity contribution in [2.24, 2.45) is 5.92 Å². The minimum absolute atomic E-state index is 0.207. The Kier molecular flexibility index (Phi) is 2.86. The second-order valence-corrected chi connectivity index (χ2v) is 4.94. The predicted molar refractivity (Wildman–Crippen MR) is 62.9 cm³/mol. The van der Waals surface area contributed by atoms with E-state index in [1.165, 1.54) is 23.5 Å². The second-order valence-electron chi connectivity index (χ2n) is 3.91. The van der Waals surface area contributed by atoms with Gasteiger partial charge in [-0.1, -0.05) is 25.2 Å². The summed E-state index contributed by atoms with van der Waals surface area (Å²) in [5.74, 6) is 0.371. The fraction of sp³-hybridized carbons (Fsp3) is 0.364. The number of halogens is 1. The smallest absolute Gasteiger partial charge is 0.183 e. The summed E-state index contributed by atoms with van der Waals surface area (Å²) in [5, 5.41) is 4.10. The van der Waals surface area contributed by atoms with Crippen molar-refractivity contribution >= 4 is 26.7 Å². The highest BCUT2D eigenvalue weighted by atomic mass is 32.1. The molecule has 2 aromatic rings. The molecule has 0 spiro atoms. The Morgan fingerprint density at radius 1 is 1.47 bits per heavy atom. The first-order valence-electron chi connectivity index (χ1n) is 4.95. The highest BCUT2D eigenvalue weighted by Crippen LogP contribution is 2.26. The van der Waals surface area contributed by atoms with E-state index >= 15 is 0 Å². The van der Waals surface area contributed by atoms with Gasteiger partial charge in [-0.3, -0.25) is 0 Å². The summed E-state index contributed by atoms with van der Waals surface area (Å²) in [5.41, 5.74) is 0.854. The lowest BCUT2D eigenvalue weighted by molar-refractivity contribution is 0.630. The number of nitrogens with zero attached hydrogens (tertiary/aromatic N) is 1. The molecule has 1 aromatic carbocycles. The highest BCUT2D eigenvalue weighted by molar-refractivity contribution is 7.22. The van der Waals surface area contributed by atoms with Crippen molar-refractivity contribution in [3.8, 4) is 0 Å². The van der Waals surface area contributed by atoms with E-state index in [2.05, 4.69) is 24.1 Å². The number of nitrogens with one attached hydrogen (secondary N) is 1. The molecule has 0 fully saturated rings. The minimum atomic E-state index is -0.207. The molecule has 0 unspecified atom stereocenters. The van der Waals surface area contributed by atoms with Gasteiger partial charge in [0.1, 0.15) is 5.82 Å². The Bertz CT molecular complexity index is 465. The van der Waals surface area contributed by atoms with Gasteiger partial charge in [-0.25, -0.2) is 9.37 Å². The van der Waals surface area contributed by atoms with E-state index in [0.29, 0.717) is 5.92 Å².